The molecule has 1 amide bonds. The smallest absolute Gasteiger partial charge is 0.279 e. The highest BCUT2D eigenvalue weighted by Crippen LogP contribution is 2.18. The van der Waals surface area contributed by atoms with Gasteiger partial charge in [-0.1, -0.05) is 12.1 Å². The van der Waals surface area contributed by atoms with Gasteiger partial charge in [-0.25, -0.2) is 8.78 Å². The van der Waals surface area contributed by atoms with Gasteiger partial charge in [0.1, 0.15) is 17.7 Å². The summed E-state index contributed by atoms with van der Waals surface area (Å²) in [5, 5.41) is 4.58. The number of quaternary nitrogens is 1. The monoisotopic (exact) mass is 319 g/mol. The molecule has 0 spiro atoms. The van der Waals surface area contributed by atoms with E-state index in [9.17, 15) is 13.6 Å². The summed E-state index contributed by atoms with van der Waals surface area (Å²) >= 11 is 0. The number of benzene rings is 2. The molecule has 0 aromatic heterocycles. The van der Waals surface area contributed by atoms with Crippen molar-refractivity contribution in [1.82, 2.24) is 0 Å². The minimum absolute atomic E-state index is 0.158. The molecule has 0 fully saturated rings. The van der Waals surface area contributed by atoms with Gasteiger partial charge in [-0.15, -0.1) is 0 Å². The summed E-state index contributed by atoms with van der Waals surface area (Å²) in [6.45, 7) is 5.87. The zero-order valence-corrected chi connectivity index (χ0v) is 13.5. The molecule has 3 nitrogen and oxygen atoms in total. The van der Waals surface area contributed by atoms with Crippen LogP contribution in [0, 0.1) is 25.5 Å². The molecule has 1 atom stereocenters. The van der Waals surface area contributed by atoms with Crippen LogP contribution in [0.3, 0.4) is 0 Å². The van der Waals surface area contributed by atoms with Gasteiger partial charge in [0.2, 0.25) is 0 Å². The third-order valence-electron chi connectivity index (χ3n) is 3.99. The van der Waals surface area contributed by atoms with Gasteiger partial charge in [-0.2, -0.15) is 0 Å². The van der Waals surface area contributed by atoms with E-state index in [2.05, 4.69) is 5.32 Å². The van der Waals surface area contributed by atoms with E-state index in [-0.39, 0.29) is 18.5 Å². The van der Waals surface area contributed by atoms with Gasteiger partial charge in [-0.05, 0) is 50.1 Å². The number of nitrogens with two attached hydrogens (primary N) is 1. The maximum Gasteiger partial charge on any atom is 0.279 e. The number of hydrogen-bond acceptors (Lipinski definition) is 1. The van der Waals surface area contributed by atoms with Gasteiger partial charge in [0, 0.05) is 17.3 Å². The molecule has 0 aliphatic carbocycles. The molecule has 0 aliphatic rings. The lowest BCUT2D eigenvalue weighted by Crippen LogP contribution is -2.86. The third kappa shape index (κ3) is 4.36. The van der Waals surface area contributed by atoms with Crippen LogP contribution in [0.2, 0.25) is 0 Å². The molecule has 0 bridgehead atoms. The van der Waals surface area contributed by atoms with Gasteiger partial charge in [-0.3, -0.25) is 4.79 Å². The molecule has 2 aromatic rings. The van der Waals surface area contributed by atoms with Crippen molar-refractivity contribution in [3.63, 3.8) is 0 Å². The Labute approximate surface area is 134 Å². The highest BCUT2D eigenvalue weighted by molar-refractivity contribution is 5.92. The van der Waals surface area contributed by atoms with Gasteiger partial charge < -0.3 is 10.6 Å². The van der Waals surface area contributed by atoms with Crippen molar-refractivity contribution in [2.24, 2.45) is 0 Å². The van der Waals surface area contributed by atoms with Crippen LogP contribution in [0.15, 0.2) is 36.4 Å². The molecule has 0 unspecified atom stereocenters. The number of nitrogens with one attached hydrogen (secondary N) is 1. The van der Waals surface area contributed by atoms with Crippen LogP contribution in [0.4, 0.5) is 14.5 Å². The number of carbonyl (C=O) groups is 1. The summed E-state index contributed by atoms with van der Waals surface area (Å²) < 4.78 is 26.6. The van der Waals surface area contributed by atoms with Crippen molar-refractivity contribution in [3.05, 3.63) is 64.7 Å². The summed E-state index contributed by atoms with van der Waals surface area (Å²) in [6.07, 6.45) is 0. The average Bonchev–Trinajstić information content (AvgIpc) is 2.49. The fourth-order valence-electron chi connectivity index (χ4n) is 2.37. The molecule has 0 aliphatic heterocycles. The second-order valence-electron chi connectivity index (χ2n) is 5.69. The maximum atomic E-state index is 13.7. The molecule has 122 valence electrons. The maximum absolute atomic E-state index is 13.7. The molecule has 0 heterocycles. The zero-order valence-electron chi connectivity index (χ0n) is 13.5. The Kier molecular flexibility index (Phi) is 5.45. The van der Waals surface area contributed by atoms with Gasteiger partial charge >= 0.3 is 0 Å². The molecular weight excluding hydrogens is 298 g/mol. The van der Waals surface area contributed by atoms with Crippen LogP contribution in [0.5, 0.6) is 0 Å². The van der Waals surface area contributed by atoms with E-state index in [0.717, 1.165) is 22.9 Å². The number of halogens is 2. The lowest BCUT2D eigenvalue weighted by atomic mass is 10.1. The lowest BCUT2D eigenvalue weighted by molar-refractivity contribution is -0.682. The van der Waals surface area contributed by atoms with Crippen LogP contribution in [-0.2, 0) is 4.79 Å². The second-order valence-corrected chi connectivity index (χ2v) is 5.69. The van der Waals surface area contributed by atoms with Crippen LogP contribution >= 0.6 is 0 Å². The first-order chi connectivity index (χ1) is 10.9. The van der Waals surface area contributed by atoms with Crippen molar-refractivity contribution in [3.8, 4) is 0 Å². The van der Waals surface area contributed by atoms with E-state index in [1.807, 2.05) is 32.0 Å². The van der Waals surface area contributed by atoms with E-state index >= 15 is 0 Å². The SMILES string of the molecule is Cc1cccc(NC(=O)C[NH2+][C@@H](C)c2ccc(F)cc2F)c1C. The number of aryl methyl sites for hydroxylation is 1. The predicted octanol–water partition coefficient (Wildman–Crippen LogP) is 2.84. The van der Waals surface area contributed by atoms with E-state index in [1.165, 1.54) is 12.1 Å². The summed E-state index contributed by atoms with van der Waals surface area (Å²) in [5.41, 5.74) is 3.29. The Morgan fingerprint density at radius 3 is 2.65 bits per heavy atom. The van der Waals surface area contributed by atoms with Crippen LogP contribution in [-0.4, -0.2) is 12.5 Å². The minimum Gasteiger partial charge on any atom is -0.332 e. The van der Waals surface area contributed by atoms with Crippen LogP contribution < -0.4 is 10.6 Å². The fraction of sp³-hybridized carbons (Fsp3) is 0.278. The van der Waals surface area contributed by atoms with E-state index in [4.69, 9.17) is 0 Å². The highest BCUT2D eigenvalue weighted by Gasteiger charge is 2.16. The molecular formula is C18H21F2N2O+. The first kappa shape index (κ1) is 17.1. The van der Waals surface area contributed by atoms with Crippen molar-refractivity contribution in [2.45, 2.75) is 26.8 Å². The number of hydrogen-bond donors (Lipinski definition) is 2. The molecule has 3 N–H and O–H groups in total. The Morgan fingerprint density at radius 2 is 1.96 bits per heavy atom. The van der Waals surface area contributed by atoms with Gasteiger partial charge in [0.25, 0.3) is 5.91 Å². The predicted molar refractivity (Wildman–Crippen MR) is 86.1 cm³/mol. The number of rotatable bonds is 5. The van der Waals surface area contributed by atoms with Crippen molar-refractivity contribution >= 4 is 11.6 Å². The van der Waals surface area contributed by atoms with Gasteiger partial charge in [0.15, 0.2) is 6.54 Å². The number of carbonyl (C=O) groups excluding carboxylic acids is 1. The molecule has 23 heavy (non-hydrogen) atoms. The summed E-state index contributed by atoms with van der Waals surface area (Å²) in [6, 6.07) is 8.93. The number of anilines is 1. The van der Waals surface area contributed by atoms with Crippen LogP contribution in [0.25, 0.3) is 0 Å². The average molecular weight is 319 g/mol. The molecule has 0 radical (unpaired) electrons. The fourth-order valence-corrected chi connectivity index (χ4v) is 2.37. The van der Waals surface area contributed by atoms with Crippen LogP contribution in [0.1, 0.15) is 29.7 Å². The quantitative estimate of drug-likeness (QED) is 0.874. The lowest BCUT2D eigenvalue weighted by Gasteiger charge is -2.13. The van der Waals surface area contributed by atoms with E-state index < -0.39 is 11.6 Å². The van der Waals surface area contributed by atoms with Crippen molar-refractivity contribution < 1.29 is 18.9 Å². The number of amides is 1. The second kappa shape index (κ2) is 7.33. The summed E-state index contributed by atoms with van der Waals surface area (Å²) in [7, 11) is 0. The molecule has 2 aromatic carbocycles. The third-order valence-corrected chi connectivity index (χ3v) is 3.99. The molecule has 0 saturated carbocycles. The Hall–Kier alpha value is -2.27. The first-order valence-electron chi connectivity index (χ1n) is 7.53. The van der Waals surface area contributed by atoms with Crippen molar-refractivity contribution in [2.75, 3.05) is 11.9 Å². The molecule has 2 rings (SSSR count). The Morgan fingerprint density at radius 1 is 1.22 bits per heavy atom. The normalized spacial score (nSPS) is 12.0. The highest BCUT2D eigenvalue weighted by atomic mass is 19.1. The van der Waals surface area contributed by atoms with E-state index in [1.54, 1.807) is 12.2 Å². The zero-order chi connectivity index (χ0) is 17.0. The van der Waals surface area contributed by atoms with Gasteiger partial charge in [0.05, 0.1) is 0 Å². The Balaban J connectivity index is 1.95. The summed E-state index contributed by atoms with van der Waals surface area (Å²) in [4.78, 5) is 12.1. The summed E-state index contributed by atoms with van der Waals surface area (Å²) in [5.74, 6) is -1.36. The topological polar surface area (TPSA) is 45.7 Å². The largest absolute Gasteiger partial charge is 0.332 e. The molecule has 5 heteroatoms. The van der Waals surface area contributed by atoms with E-state index in [0.29, 0.717) is 5.56 Å². The standard InChI is InChI=1S/C18H20F2N2O/c1-11-5-4-6-17(12(11)2)22-18(23)10-21-13(3)15-8-7-14(19)9-16(15)20/h4-9,13,21H,10H2,1-3H3,(H,22,23)/p+1/t13-/m0/s1. The first-order valence-corrected chi connectivity index (χ1v) is 7.53. The van der Waals surface area contributed by atoms with Crippen molar-refractivity contribution in [1.29, 1.82) is 0 Å². The molecule has 0 saturated heterocycles. The Bertz CT molecular complexity index is 716. The minimum atomic E-state index is -0.605.